The third kappa shape index (κ3) is 1.87. The molecule has 68 valence electrons. The molecule has 0 saturated carbocycles. The van der Waals surface area contributed by atoms with Crippen LogP contribution in [0.4, 0.5) is 0 Å². The summed E-state index contributed by atoms with van der Waals surface area (Å²) in [6, 6.07) is 0. The van der Waals surface area contributed by atoms with Crippen LogP contribution in [-0.2, 0) is 12.4 Å². The Morgan fingerprint density at radius 3 is 3.15 bits per heavy atom. The molecule has 13 heavy (non-hydrogen) atoms. The second-order valence-corrected chi connectivity index (χ2v) is 3.47. The summed E-state index contributed by atoms with van der Waals surface area (Å²) in [5, 5.41) is 9.65. The van der Waals surface area contributed by atoms with E-state index in [-0.39, 0.29) is 0 Å². The molecule has 0 aliphatic heterocycles. The van der Waals surface area contributed by atoms with E-state index in [0.29, 0.717) is 12.4 Å². The average molecular weight is 215 g/mol. The van der Waals surface area contributed by atoms with Gasteiger partial charge in [-0.05, 0) is 0 Å². The van der Waals surface area contributed by atoms with Gasteiger partial charge in [-0.15, -0.1) is 33.1 Å². The number of alkyl halides is 1. The Morgan fingerprint density at radius 1 is 1.54 bits per heavy atom. The molecule has 2 aromatic rings. The first-order valence-corrected chi connectivity index (χ1v) is 5.17. The van der Waals surface area contributed by atoms with Crippen molar-refractivity contribution in [2.24, 2.45) is 0 Å². The Kier molecular flexibility index (Phi) is 2.56. The molecular weight excluding hydrogens is 208 g/mol. The summed E-state index contributed by atoms with van der Waals surface area (Å²) in [6.45, 7) is 0.693. The number of nitrogens with zero attached hydrogens (tertiary/aromatic N) is 4. The van der Waals surface area contributed by atoms with Gasteiger partial charge in [0.25, 0.3) is 0 Å². The second kappa shape index (κ2) is 3.85. The fourth-order valence-corrected chi connectivity index (χ4v) is 1.76. The molecule has 2 rings (SSSR count). The molecule has 0 saturated heterocycles. The first kappa shape index (κ1) is 8.65. The van der Waals surface area contributed by atoms with Crippen molar-refractivity contribution in [1.29, 1.82) is 0 Å². The third-order valence-electron chi connectivity index (χ3n) is 1.63. The number of hydrogen-bond acceptors (Lipinski definition) is 4. The van der Waals surface area contributed by atoms with Crippen molar-refractivity contribution in [2.75, 3.05) is 0 Å². The molecule has 2 aromatic heterocycles. The molecule has 0 atom stereocenters. The molecule has 0 spiro atoms. The van der Waals surface area contributed by atoms with Gasteiger partial charge in [-0.2, -0.15) is 0 Å². The van der Waals surface area contributed by atoms with Crippen molar-refractivity contribution in [3.05, 3.63) is 28.7 Å². The number of rotatable bonds is 3. The normalized spacial score (nSPS) is 10.5. The van der Waals surface area contributed by atoms with Crippen LogP contribution in [0, 0.1) is 0 Å². The van der Waals surface area contributed by atoms with Crippen molar-refractivity contribution in [3.63, 3.8) is 0 Å². The quantitative estimate of drug-likeness (QED) is 0.728. The molecule has 0 bridgehead atoms. The lowest BCUT2D eigenvalue weighted by Crippen LogP contribution is -2.02. The Hall–Kier alpha value is -0.940. The van der Waals surface area contributed by atoms with Gasteiger partial charge in [0.2, 0.25) is 0 Å². The highest BCUT2D eigenvalue weighted by atomic mass is 35.5. The molecule has 2 heterocycles. The van der Waals surface area contributed by atoms with Crippen molar-refractivity contribution < 1.29 is 0 Å². The van der Waals surface area contributed by atoms with Gasteiger partial charge in [0.05, 0.1) is 23.6 Å². The molecule has 0 aliphatic rings. The number of aromatic nitrogens is 4. The number of halogens is 1. The zero-order valence-electron chi connectivity index (χ0n) is 6.72. The minimum absolute atomic E-state index is 0.379. The van der Waals surface area contributed by atoms with Crippen LogP contribution in [-0.4, -0.2) is 19.7 Å². The van der Waals surface area contributed by atoms with Gasteiger partial charge in [-0.1, -0.05) is 0 Å². The van der Waals surface area contributed by atoms with Crippen molar-refractivity contribution in [1.82, 2.24) is 19.7 Å². The van der Waals surface area contributed by atoms with Crippen LogP contribution >= 0.6 is 22.9 Å². The van der Waals surface area contributed by atoms with Crippen molar-refractivity contribution in [2.45, 2.75) is 12.4 Å². The highest BCUT2D eigenvalue weighted by Gasteiger charge is 2.03. The van der Waals surface area contributed by atoms with Gasteiger partial charge in [0.1, 0.15) is 12.2 Å². The molecule has 0 aromatic carbocycles. The zero-order valence-corrected chi connectivity index (χ0v) is 8.29. The monoisotopic (exact) mass is 214 g/mol. The maximum atomic E-state index is 5.67. The predicted octanol–water partition coefficient (Wildman–Crippen LogP) is 1.52. The van der Waals surface area contributed by atoms with Crippen LogP contribution in [0.3, 0.4) is 0 Å². The standard InChI is InChI=1S/C7H7ClN4S/c8-1-7-11-10-4-12(7)2-6-3-13-5-9-6/h3-5H,1-2H2. The van der Waals surface area contributed by atoms with Crippen LogP contribution in [0.25, 0.3) is 0 Å². The van der Waals surface area contributed by atoms with Crippen LogP contribution in [0.2, 0.25) is 0 Å². The molecule has 0 fully saturated rings. The third-order valence-corrected chi connectivity index (χ3v) is 2.51. The Morgan fingerprint density at radius 2 is 2.46 bits per heavy atom. The highest BCUT2D eigenvalue weighted by Crippen LogP contribution is 2.06. The van der Waals surface area contributed by atoms with E-state index in [2.05, 4.69) is 15.2 Å². The van der Waals surface area contributed by atoms with E-state index in [4.69, 9.17) is 11.6 Å². The minimum Gasteiger partial charge on any atom is -0.310 e. The molecule has 0 aliphatic carbocycles. The number of hydrogen-bond donors (Lipinski definition) is 0. The van der Waals surface area contributed by atoms with Gasteiger partial charge in [-0.25, -0.2) is 4.98 Å². The molecule has 0 amide bonds. The second-order valence-electron chi connectivity index (χ2n) is 2.49. The molecule has 0 N–H and O–H groups in total. The Bertz CT molecular complexity index is 370. The van der Waals surface area contributed by atoms with E-state index < -0.39 is 0 Å². The SMILES string of the molecule is ClCc1nncn1Cc1cscn1. The van der Waals surface area contributed by atoms with Gasteiger partial charge in [-0.3, -0.25) is 0 Å². The summed E-state index contributed by atoms with van der Waals surface area (Å²) in [6.07, 6.45) is 1.66. The fourth-order valence-electron chi connectivity index (χ4n) is 1.00. The van der Waals surface area contributed by atoms with Gasteiger partial charge >= 0.3 is 0 Å². The summed E-state index contributed by atoms with van der Waals surface area (Å²) >= 11 is 7.25. The van der Waals surface area contributed by atoms with Crippen LogP contribution in [0.1, 0.15) is 11.5 Å². The van der Waals surface area contributed by atoms with Crippen molar-refractivity contribution in [3.8, 4) is 0 Å². The fraction of sp³-hybridized carbons (Fsp3) is 0.286. The van der Waals surface area contributed by atoms with Gasteiger partial charge < -0.3 is 4.57 Å². The summed E-state index contributed by atoms with van der Waals surface area (Å²) in [5.41, 5.74) is 2.82. The lowest BCUT2D eigenvalue weighted by Gasteiger charge is -2.00. The van der Waals surface area contributed by atoms with E-state index in [1.165, 1.54) is 0 Å². The Balaban J connectivity index is 2.18. The molecule has 0 radical (unpaired) electrons. The van der Waals surface area contributed by atoms with E-state index in [1.54, 1.807) is 23.2 Å². The summed E-state index contributed by atoms with van der Waals surface area (Å²) < 4.78 is 1.89. The first-order chi connectivity index (χ1) is 6.40. The topological polar surface area (TPSA) is 43.6 Å². The molecule has 4 nitrogen and oxygen atoms in total. The molecule has 0 unspecified atom stereocenters. The highest BCUT2D eigenvalue weighted by molar-refractivity contribution is 7.07. The average Bonchev–Trinajstić information content (AvgIpc) is 2.76. The summed E-state index contributed by atoms with van der Waals surface area (Å²) in [7, 11) is 0. The van der Waals surface area contributed by atoms with Crippen LogP contribution < -0.4 is 0 Å². The predicted molar refractivity (Wildman–Crippen MR) is 50.8 cm³/mol. The van der Waals surface area contributed by atoms with E-state index >= 15 is 0 Å². The smallest absolute Gasteiger partial charge is 0.148 e. The molecule has 6 heteroatoms. The first-order valence-electron chi connectivity index (χ1n) is 3.70. The van der Waals surface area contributed by atoms with E-state index in [0.717, 1.165) is 11.5 Å². The number of thiazole rings is 1. The summed E-state index contributed by atoms with van der Waals surface area (Å²) in [4.78, 5) is 4.17. The lowest BCUT2D eigenvalue weighted by atomic mass is 10.5. The largest absolute Gasteiger partial charge is 0.310 e. The van der Waals surface area contributed by atoms with E-state index in [9.17, 15) is 0 Å². The summed E-state index contributed by atoms with van der Waals surface area (Å²) in [5.74, 6) is 1.15. The van der Waals surface area contributed by atoms with Gasteiger partial charge in [0.15, 0.2) is 0 Å². The Labute approximate surface area is 84.2 Å². The minimum atomic E-state index is 0.379. The van der Waals surface area contributed by atoms with Crippen LogP contribution in [0.15, 0.2) is 17.2 Å². The van der Waals surface area contributed by atoms with Crippen molar-refractivity contribution >= 4 is 22.9 Å². The van der Waals surface area contributed by atoms with Crippen LogP contribution in [0.5, 0.6) is 0 Å². The molecular formula is C7H7ClN4S. The maximum Gasteiger partial charge on any atom is 0.148 e. The maximum absolute atomic E-state index is 5.67. The van der Waals surface area contributed by atoms with Gasteiger partial charge in [0, 0.05) is 5.38 Å². The zero-order chi connectivity index (χ0) is 9.10. The lowest BCUT2D eigenvalue weighted by molar-refractivity contribution is 0.740. The van der Waals surface area contributed by atoms with E-state index in [1.807, 2.05) is 9.95 Å².